The van der Waals surface area contributed by atoms with Crippen molar-refractivity contribution >= 4 is 35.8 Å². The Morgan fingerprint density at radius 2 is 1.84 bits per heavy atom. The molecule has 0 fully saturated rings. The van der Waals surface area contributed by atoms with Crippen LogP contribution in [-0.4, -0.2) is 56.7 Å². The molecule has 0 radical (unpaired) electrons. The Labute approximate surface area is 206 Å². The number of carbonyl (C=O) groups is 1. The zero-order chi connectivity index (χ0) is 22.6. The Morgan fingerprint density at radius 1 is 1.12 bits per heavy atom. The van der Waals surface area contributed by atoms with Gasteiger partial charge in [-0.15, -0.1) is 24.0 Å². The van der Waals surface area contributed by atoms with Gasteiger partial charge >= 0.3 is 0 Å². The van der Waals surface area contributed by atoms with E-state index in [2.05, 4.69) is 15.6 Å². The van der Waals surface area contributed by atoms with E-state index >= 15 is 0 Å². The van der Waals surface area contributed by atoms with Gasteiger partial charge < -0.3 is 25.0 Å². The molecule has 0 aromatic heterocycles. The maximum absolute atomic E-state index is 13.0. The second-order valence-corrected chi connectivity index (χ2v) is 7.18. The minimum Gasteiger partial charge on any atom is -0.489 e. The van der Waals surface area contributed by atoms with Crippen molar-refractivity contribution in [2.75, 3.05) is 33.8 Å². The third kappa shape index (κ3) is 10.2. The molecule has 7 nitrogen and oxygen atoms in total. The summed E-state index contributed by atoms with van der Waals surface area (Å²) in [4.78, 5) is 17.8. The Morgan fingerprint density at radius 3 is 2.50 bits per heavy atom. The molecular weight excluding hydrogens is 526 g/mol. The molecule has 2 aromatic rings. The monoisotopic (exact) mass is 558 g/mol. The first-order valence-electron chi connectivity index (χ1n) is 10.2. The highest BCUT2D eigenvalue weighted by atomic mass is 127. The van der Waals surface area contributed by atoms with E-state index in [1.54, 1.807) is 26.2 Å². The second-order valence-electron chi connectivity index (χ2n) is 7.18. The van der Waals surface area contributed by atoms with Gasteiger partial charge in [-0.3, -0.25) is 4.79 Å². The summed E-state index contributed by atoms with van der Waals surface area (Å²) in [6.45, 7) is 5.60. The van der Waals surface area contributed by atoms with E-state index in [0.717, 1.165) is 12.1 Å². The lowest BCUT2D eigenvalue weighted by molar-refractivity contribution is -0.130. The van der Waals surface area contributed by atoms with Gasteiger partial charge in [-0.25, -0.2) is 9.38 Å². The average molecular weight is 558 g/mol. The first kappa shape index (κ1) is 27.5. The number of aliphatic imine (C=N–C) groups is 1. The van der Waals surface area contributed by atoms with Crippen LogP contribution in [0.4, 0.5) is 4.39 Å². The van der Waals surface area contributed by atoms with Crippen molar-refractivity contribution in [3.05, 3.63) is 59.9 Å². The summed E-state index contributed by atoms with van der Waals surface area (Å²) in [6.07, 6.45) is -0.139. The molecule has 1 unspecified atom stereocenters. The topological polar surface area (TPSA) is 75.2 Å². The van der Waals surface area contributed by atoms with E-state index in [4.69, 9.17) is 9.47 Å². The van der Waals surface area contributed by atoms with Crippen LogP contribution in [0.3, 0.4) is 0 Å². The molecule has 0 heterocycles. The van der Waals surface area contributed by atoms with Gasteiger partial charge in [0.05, 0.1) is 13.1 Å². The molecule has 176 valence electrons. The number of likely N-dealkylation sites (N-methyl/N-ethyl adjacent to an activating group) is 1. The van der Waals surface area contributed by atoms with Gasteiger partial charge in [0, 0.05) is 20.6 Å². The van der Waals surface area contributed by atoms with Crippen LogP contribution >= 0.6 is 24.0 Å². The molecule has 32 heavy (non-hydrogen) atoms. The highest BCUT2D eigenvalue weighted by Crippen LogP contribution is 2.15. The molecule has 0 saturated heterocycles. The van der Waals surface area contributed by atoms with Crippen LogP contribution in [0.5, 0.6) is 11.5 Å². The number of carbonyl (C=O) groups excluding carboxylic acids is 1. The molecule has 0 saturated carbocycles. The van der Waals surface area contributed by atoms with Crippen LogP contribution in [0.2, 0.25) is 0 Å². The highest BCUT2D eigenvalue weighted by Gasteiger charge is 2.07. The van der Waals surface area contributed by atoms with Crippen molar-refractivity contribution in [2.24, 2.45) is 4.99 Å². The molecule has 0 bridgehead atoms. The maximum Gasteiger partial charge on any atom is 0.259 e. The van der Waals surface area contributed by atoms with Crippen LogP contribution in [0.15, 0.2) is 53.5 Å². The van der Waals surface area contributed by atoms with E-state index < -0.39 is 0 Å². The quantitative estimate of drug-likeness (QED) is 0.266. The standard InChI is InChI=1S/C23H31FN4O3.HI/c1-5-25-23(26-14-17(2)31-20-11-9-19(24)10-12-20)27-15-18-7-6-8-21(13-18)30-16-22(29)28(3)4;/h6-13,17H,5,14-16H2,1-4H3,(H2,25,26,27);1H. The van der Waals surface area contributed by atoms with E-state index in [1.165, 1.54) is 17.0 Å². The van der Waals surface area contributed by atoms with Gasteiger partial charge in [0.2, 0.25) is 0 Å². The van der Waals surface area contributed by atoms with E-state index in [-0.39, 0.29) is 48.4 Å². The van der Waals surface area contributed by atoms with Crippen molar-refractivity contribution in [3.63, 3.8) is 0 Å². The second kappa shape index (κ2) is 14.5. The van der Waals surface area contributed by atoms with Gasteiger partial charge in [-0.05, 0) is 55.8 Å². The number of nitrogens with zero attached hydrogens (tertiary/aromatic N) is 2. The number of amides is 1. The molecule has 0 aliphatic heterocycles. The lowest BCUT2D eigenvalue weighted by atomic mass is 10.2. The number of guanidine groups is 1. The van der Waals surface area contributed by atoms with Gasteiger partial charge in [0.1, 0.15) is 23.4 Å². The molecule has 2 N–H and O–H groups in total. The molecule has 9 heteroatoms. The summed E-state index contributed by atoms with van der Waals surface area (Å²) in [6, 6.07) is 13.5. The van der Waals surface area contributed by atoms with E-state index in [0.29, 0.717) is 30.5 Å². The lowest BCUT2D eigenvalue weighted by Crippen LogP contribution is -2.41. The fraction of sp³-hybridized carbons (Fsp3) is 0.391. The summed E-state index contributed by atoms with van der Waals surface area (Å²) in [5.74, 6) is 1.51. The Bertz CT molecular complexity index is 863. The summed E-state index contributed by atoms with van der Waals surface area (Å²) < 4.78 is 24.3. The van der Waals surface area contributed by atoms with Gasteiger partial charge in [0.15, 0.2) is 12.6 Å². The predicted molar refractivity (Wildman–Crippen MR) is 135 cm³/mol. The van der Waals surface area contributed by atoms with Crippen molar-refractivity contribution in [3.8, 4) is 11.5 Å². The first-order chi connectivity index (χ1) is 14.9. The molecule has 0 spiro atoms. The van der Waals surface area contributed by atoms with Gasteiger partial charge in [-0.1, -0.05) is 12.1 Å². The summed E-state index contributed by atoms with van der Waals surface area (Å²) in [5, 5.41) is 6.45. The summed E-state index contributed by atoms with van der Waals surface area (Å²) in [5.41, 5.74) is 0.961. The number of hydrogen-bond acceptors (Lipinski definition) is 4. The highest BCUT2D eigenvalue weighted by molar-refractivity contribution is 14.0. The number of nitrogens with one attached hydrogen (secondary N) is 2. The van der Waals surface area contributed by atoms with Crippen molar-refractivity contribution < 1.29 is 18.7 Å². The van der Waals surface area contributed by atoms with Crippen molar-refractivity contribution in [2.45, 2.75) is 26.5 Å². The largest absolute Gasteiger partial charge is 0.489 e. The summed E-state index contributed by atoms with van der Waals surface area (Å²) >= 11 is 0. The molecule has 2 aromatic carbocycles. The number of hydrogen-bond donors (Lipinski definition) is 2. The zero-order valence-corrected chi connectivity index (χ0v) is 21.3. The van der Waals surface area contributed by atoms with Crippen LogP contribution < -0.4 is 20.1 Å². The first-order valence-corrected chi connectivity index (χ1v) is 10.2. The third-order valence-corrected chi connectivity index (χ3v) is 4.23. The van der Waals surface area contributed by atoms with Gasteiger partial charge in [0.25, 0.3) is 5.91 Å². The normalized spacial score (nSPS) is 11.7. The molecule has 1 atom stereocenters. The van der Waals surface area contributed by atoms with E-state index in [9.17, 15) is 9.18 Å². The Kier molecular flexibility index (Phi) is 12.4. The molecule has 1 amide bonds. The van der Waals surface area contributed by atoms with E-state index in [1.807, 2.05) is 38.1 Å². The van der Waals surface area contributed by atoms with Gasteiger partial charge in [-0.2, -0.15) is 0 Å². The molecule has 0 aliphatic carbocycles. The SMILES string of the molecule is CCNC(=NCc1cccc(OCC(=O)N(C)C)c1)NCC(C)Oc1ccc(F)cc1.I. The number of benzene rings is 2. The zero-order valence-electron chi connectivity index (χ0n) is 18.9. The van der Waals surface area contributed by atoms with Crippen LogP contribution in [0.1, 0.15) is 19.4 Å². The minimum atomic E-state index is -0.293. The Hall–Kier alpha value is -2.56. The predicted octanol–water partition coefficient (Wildman–Crippen LogP) is 3.43. The van der Waals surface area contributed by atoms with Crippen LogP contribution in [0.25, 0.3) is 0 Å². The fourth-order valence-corrected chi connectivity index (χ4v) is 2.55. The maximum atomic E-state index is 13.0. The van der Waals surface area contributed by atoms with Crippen molar-refractivity contribution in [1.29, 1.82) is 0 Å². The van der Waals surface area contributed by atoms with Crippen LogP contribution in [-0.2, 0) is 11.3 Å². The number of rotatable bonds is 10. The average Bonchev–Trinajstić information content (AvgIpc) is 2.75. The van der Waals surface area contributed by atoms with Crippen LogP contribution in [0, 0.1) is 5.82 Å². The smallest absolute Gasteiger partial charge is 0.259 e. The number of ether oxygens (including phenoxy) is 2. The Balaban J connectivity index is 0.00000512. The minimum absolute atomic E-state index is 0. The molecule has 0 aliphatic rings. The molecular formula is C23H32FIN4O3. The number of halogens is 2. The molecule has 2 rings (SSSR count). The lowest BCUT2D eigenvalue weighted by Gasteiger charge is -2.17. The summed E-state index contributed by atoms with van der Waals surface area (Å²) in [7, 11) is 3.38. The fourth-order valence-electron chi connectivity index (χ4n) is 2.55. The third-order valence-electron chi connectivity index (χ3n) is 4.23. The van der Waals surface area contributed by atoms with Crippen molar-refractivity contribution in [1.82, 2.24) is 15.5 Å².